The molecule has 0 aromatic heterocycles. The van der Waals surface area contributed by atoms with Gasteiger partial charge in [0.25, 0.3) is 11.8 Å². The normalized spacial score (nSPS) is 10.0. The minimum absolute atomic E-state index is 0.0682. The number of nitrogens with one attached hydrogen (secondary N) is 3. The second-order valence-electron chi connectivity index (χ2n) is 5.66. The Balaban J connectivity index is 1.80. The van der Waals surface area contributed by atoms with Gasteiger partial charge in [0.1, 0.15) is 11.5 Å². The number of halogens is 2. The van der Waals surface area contributed by atoms with Crippen molar-refractivity contribution in [3.63, 3.8) is 0 Å². The van der Waals surface area contributed by atoms with E-state index in [0.29, 0.717) is 33.2 Å². The summed E-state index contributed by atoms with van der Waals surface area (Å²) in [4.78, 5) is 24.3. The third-order valence-electron chi connectivity index (χ3n) is 3.39. The maximum Gasteiger partial charge on any atom is 0.276 e. The van der Waals surface area contributed by atoms with Gasteiger partial charge in [-0.05, 0) is 64.9 Å². The van der Waals surface area contributed by atoms with E-state index in [9.17, 15) is 9.59 Å². The highest BCUT2D eigenvalue weighted by atomic mass is 79.9. The average molecular weight is 501 g/mol. The van der Waals surface area contributed by atoms with Crippen LogP contribution in [0.2, 0.25) is 5.02 Å². The van der Waals surface area contributed by atoms with E-state index >= 15 is 0 Å². The number of hydrazine groups is 1. The first-order valence-electron chi connectivity index (χ1n) is 8.60. The van der Waals surface area contributed by atoms with Crippen molar-refractivity contribution >= 4 is 56.7 Å². The molecule has 0 atom stereocenters. The highest BCUT2D eigenvalue weighted by Gasteiger charge is 2.14. The van der Waals surface area contributed by atoms with E-state index in [2.05, 4.69) is 32.1 Å². The van der Waals surface area contributed by atoms with Crippen molar-refractivity contribution in [1.82, 2.24) is 16.2 Å². The number of amides is 2. The van der Waals surface area contributed by atoms with Crippen LogP contribution in [0.15, 0.2) is 46.9 Å². The van der Waals surface area contributed by atoms with Crippen molar-refractivity contribution in [3.8, 4) is 11.5 Å². The van der Waals surface area contributed by atoms with Crippen LogP contribution in [0, 0.1) is 0 Å². The molecule has 10 heteroatoms. The molecule has 2 aromatic carbocycles. The van der Waals surface area contributed by atoms with Gasteiger partial charge < -0.3 is 9.47 Å². The second kappa shape index (κ2) is 11.6. The van der Waals surface area contributed by atoms with E-state index in [4.69, 9.17) is 33.3 Å². The number of hydrogen-bond acceptors (Lipinski definition) is 5. The lowest BCUT2D eigenvalue weighted by atomic mass is 10.2. The number of rotatable bonds is 7. The van der Waals surface area contributed by atoms with Crippen molar-refractivity contribution in [3.05, 3.63) is 57.5 Å². The van der Waals surface area contributed by atoms with Crippen LogP contribution >= 0.6 is 39.7 Å². The molecule has 0 unspecified atom stereocenters. The Morgan fingerprint density at radius 2 is 1.86 bits per heavy atom. The highest BCUT2D eigenvalue weighted by molar-refractivity contribution is 9.10. The van der Waals surface area contributed by atoms with Gasteiger partial charge in [-0.2, -0.15) is 0 Å². The summed E-state index contributed by atoms with van der Waals surface area (Å²) in [5, 5.41) is 2.95. The minimum Gasteiger partial charge on any atom is -0.493 e. The Bertz CT molecular complexity index is 898. The van der Waals surface area contributed by atoms with Crippen molar-refractivity contribution in [2.45, 2.75) is 13.3 Å². The van der Waals surface area contributed by atoms with E-state index in [-0.39, 0.29) is 11.7 Å². The molecule has 2 aromatic rings. The zero-order valence-electron chi connectivity index (χ0n) is 15.5. The fourth-order valence-electron chi connectivity index (χ4n) is 2.09. The van der Waals surface area contributed by atoms with Crippen molar-refractivity contribution in [1.29, 1.82) is 0 Å². The molecule has 3 N–H and O–H groups in total. The Hall–Kier alpha value is -2.36. The van der Waals surface area contributed by atoms with E-state index in [1.54, 1.807) is 42.5 Å². The van der Waals surface area contributed by atoms with Crippen LogP contribution < -0.4 is 25.6 Å². The SMILES string of the molecule is CCCOc1ccccc1C(=O)NC(=S)NNC(=O)COc1ccc(Cl)cc1Br. The monoisotopic (exact) mass is 499 g/mol. The van der Waals surface area contributed by atoms with Gasteiger partial charge in [0, 0.05) is 5.02 Å². The molecule has 0 aliphatic rings. The molecule has 0 aliphatic carbocycles. The van der Waals surface area contributed by atoms with Crippen LogP contribution in [0.1, 0.15) is 23.7 Å². The van der Waals surface area contributed by atoms with Gasteiger partial charge >= 0.3 is 0 Å². The summed E-state index contributed by atoms with van der Waals surface area (Å²) in [7, 11) is 0. The fourth-order valence-corrected chi connectivity index (χ4v) is 3.03. The molecule has 0 saturated carbocycles. The van der Waals surface area contributed by atoms with E-state index in [1.807, 2.05) is 6.92 Å². The molecule has 154 valence electrons. The first kappa shape index (κ1) is 22.9. The second-order valence-corrected chi connectivity index (χ2v) is 7.36. The first-order valence-corrected chi connectivity index (χ1v) is 10.2. The predicted octanol–water partition coefficient (Wildman–Crippen LogP) is 3.61. The molecule has 0 bridgehead atoms. The third-order valence-corrected chi connectivity index (χ3v) is 4.45. The Morgan fingerprint density at radius 3 is 2.59 bits per heavy atom. The standard InChI is InChI=1S/C19H19BrClN3O4S/c1-2-9-27-15-6-4-3-5-13(15)18(26)22-19(29)24-23-17(25)11-28-16-8-7-12(21)10-14(16)20/h3-8,10H,2,9,11H2,1H3,(H,23,25)(H2,22,24,26,29). The molecule has 0 radical (unpaired) electrons. The Labute approximate surface area is 187 Å². The zero-order chi connectivity index (χ0) is 21.2. The molecule has 7 nitrogen and oxygen atoms in total. The molecular weight excluding hydrogens is 482 g/mol. The van der Waals surface area contributed by atoms with E-state index in [1.165, 1.54) is 0 Å². The van der Waals surface area contributed by atoms with Gasteiger partial charge in [0.05, 0.1) is 16.6 Å². The molecule has 0 heterocycles. The summed E-state index contributed by atoms with van der Waals surface area (Å²) in [5.74, 6) is -0.0235. The maximum absolute atomic E-state index is 12.4. The van der Waals surface area contributed by atoms with Gasteiger partial charge in [0.2, 0.25) is 0 Å². The smallest absolute Gasteiger partial charge is 0.276 e. The molecule has 0 aliphatic heterocycles. The molecule has 0 spiro atoms. The number of para-hydroxylation sites is 1. The summed E-state index contributed by atoms with van der Waals surface area (Å²) >= 11 is 14.2. The van der Waals surface area contributed by atoms with Crippen molar-refractivity contribution in [2.75, 3.05) is 13.2 Å². The summed E-state index contributed by atoms with van der Waals surface area (Å²) in [6, 6.07) is 11.8. The van der Waals surface area contributed by atoms with Crippen LogP contribution in [-0.4, -0.2) is 30.1 Å². The fraction of sp³-hybridized carbons (Fsp3) is 0.211. The third kappa shape index (κ3) is 7.52. The molecular formula is C19H19BrClN3O4S. The number of carbonyl (C=O) groups is 2. The van der Waals surface area contributed by atoms with Gasteiger partial charge in [-0.15, -0.1) is 0 Å². The van der Waals surface area contributed by atoms with Crippen LogP contribution in [0.25, 0.3) is 0 Å². The summed E-state index contributed by atoms with van der Waals surface area (Å²) in [5.41, 5.74) is 5.14. The number of thiocarbonyl (C=S) groups is 1. The molecule has 0 saturated heterocycles. The first-order chi connectivity index (χ1) is 13.9. The quantitative estimate of drug-likeness (QED) is 0.398. The zero-order valence-corrected chi connectivity index (χ0v) is 18.6. The molecule has 0 fully saturated rings. The summed E-state index contributed by atoms with van der Waals surface area (Å²) in [6.07, 6.45) is 0.816. The Morgan fingerprint density at radius 1 is 1.10 bits per heavy atom. The number of ether oxygens (including phenoxy) is 2. The lowest BCUT2D eigenvalue weighted by Crippen LogP contribution is -2.49. The number of benzene rings is 2. The topological polar surface area (TPSA) is 88.7 Å². The molecule has 29 heavy (non-hydrogen) atoms. The Kier molecular flexibility index (Phi) is 9.17. The lowest BCUT2D eigenvalue weighted by molar-refractivity contribution is -0.123. The van der Waals surface area contributed by atoms with Crippen LogP contribution in [0.5, 0.6) is 11.5 Å². The van der Waals surface area contributed by atoms with Gasteiger partial charge in [-0.1, -0.05) is 30.7 Å². The van der Waals surface area contributed by atoms with Crippen molar-refractivity contribution < 1.29 is 19.1 Å². The number of hydrogen-bond donors (Lipinski definition) is 3. The maximum atomic E-state index is 12.4. The molecule has 2 rings (SSSR count). The van der Waals surface area contributed by atoms with E-state index < -0.39 is 11.8 Å². The van der Waals surface area contributed by atoms with Gasteiger partial charge in [-0.25, -0.2) is 0 Å². The highest BCUT2D eigenvalue weighted by Crippen LogP contribution is 2.27. The van der Waals surface area contributed by atoms with Crippen LogP contribution in [0.3, 0.4) is 0 Å². The minimum atomic E-state index is -0.491. The predicted molar refractivity (Wildman–Crippen MR) is 118 cm³/mol. The van der Waals surface area contributed by atoms with E-state index in [0.717, 1.165) is 6.42 Å². The van der Waals surface area contributed by atoms with Crippen LogP contribution in [0.4, 0.5) is 0 Å². The average Bonchev–Trinajstić information content (AvgIpc) is 2.70. The van der Waals surface area contributed by atoms with Gasteiger partial charge in [-0.3, -0.25) is 25.8 Å². The van der Waals surface area contributed by atoms with Crippen LogP contribution in [-0.2, 0) is 4.79 Å². The molecule has 2 amide bonds. The van der Waals surface area contributed by atoms with Gasteiger partial charge in [0.15, 0.2) is 11.7 Å². The summed E-state index contributed by atoms with van der Waals surface area (Å²) < 4.78 is 11.6. The largest absolute Gasteiger partial charge is 0.493 e. The number of carbonyl (C=O) groups excluding carboxylic acids is 2. The summed E-state index contributed by atoms with van der Waals surface area (Å²) in [6.45, 7) is 2.20. The lowest BCUT2D eigenvalue weighted by Gasteiger charge is -2.13. The van der Waals surface area contributed by atoms with Crippen molar-refractivity contribution in [2.24, 2.45) is 0 Å².